The maximum atomic E-state index is 11.2. The first kappa shape index (κ1) is 9.47. The van der Waals surface area contributed by atoms with Gasteiger partial charge in [0.1, 0.15) is 0 Å². The van der Waals surface area contributed by atoms with Gasteiger partial charge < -0.3 is 5.32 Å². The highest BCUT2D eigenvalue weighted by molar-refractivity contribution is 5.81. The lowest BCUT2D eigenvalue weighted by molar-refractivity contribution is -0.130. The number of nitrogens with one attached hydrogen (secondary N) is 1. The molecule has 0 aromatic carbocycles. The average Bonchev–Trinajstić information content (AvgIpc) is 1.86. The van der Waals surface area contributed by atoms with Crippen molar-refractivity contribution in [1.29, 1.82) is 0 Å². The molecule has 0 atom stereocenters. The first-order valence-corrected chi connectivity index (χ1v) is 3.65. The lowest BCUT2D eigenvalue weighted by Crippen LogP contribution is -2.38. The molecule has 0 rings (SSSR count). The van der Waals surface area contributed by atoms with E-state index in [2.05, 4.69) is 19.2 Å². The Morgan fingerprint density at radius 2 is 1.80 bits per heavy atom. The molecular weight excluding hydrogens is 126 g/mol. The van der Waals surface area contributed by atoms with Gasteiger partial charge in [0.15, 0.2) is 0 Å². The number of carbonyl (C=O) groups is 1. The van der Waals surface area contributed by atoms with E-state index in [1.165, 1.54) is 0 Å². The van der Waals surface area contributed by atoms with Gasteiger partial charge in [-0.25, -0.2) is 0 Å². The third-order valence-corrected chi connectivity index (χ3v) is 2.26. The SMILES string of the molecule is CNC(=O)C(C)(C)C(C)C. The van der Waals surface area contributed by atoms with Gasteiger partial charge in [0.25, 0.3) is 0 Å². The Kier molecular flexibility index (Phi) is 2.88. The van der Waals surface area contributed by atoms with Crippen LogP contribution in [0.4, 0.5) is 0 Å². The van der Waals surface area contributed by atoms with Crippen molar-refractivity contribution in [3.8, 4) is 0 Å². The van der Waals surface area contributed by atoms with Crippen molar-refractivity contribution in [2.75, 3.05) is 7.05 Å². The van der Waals surface area contributed by atoms with Crippen LogP contribution in [0.2, 0.25) is 0 Å². The van der Waals surface area contributed by atoms with E-state index in [0.717, 1.165) is 0 Å². The second-order valence-electron chi connectivity index (χ2n) is 3.46. The Hall–Kier alpha value is -0.530. The van der Waals surface area contributed by atoms with Gasteiger partial charge >= 0.3 is 0 Å². The molecule has 0 aromatic heterocycles. The topological polar surface area (TPSA) is 29.1 Å². The monoisotopic (exact) mass is 143 g/mol. The molecule has 0 saturated carbocycles. The summed E-state index contributed by atoms with van der Waals surface area (Å²) in [7, 11) is 1.67. The molecule has 0 bridgehead atoms. The van der Waals surface area contributed by atoms with Crippen LogP contribution in [0.15, 0.2) is 0 Å². The van der Waals surface area contributed by atoms with Crippen molar-refractivity contribution in [3.63, 3.8) is 0 Å². The van der Waals surface area contributed by atoms with Gasteiger partial charge in [0.05, 0.1) is 0 Å². The zero-order chi connectivity index (χ0) is 8.36. The van der Waals surface area contributed by atoms with Crippen LogP contribution in [0.25, 0.3) is 0 Å². The molecule has 2 nitrogen and oxygen atoms in total. The van der Waals surface area contributed by atoms with Gasteiger partial charge in [-0.2, -0.15) is 0 Å². The van der Waals surface area contributed by atoms with E-state index in [9.17, 15) is 4.79 Å². The predicted octanol–water partition coefficient (Wildman–Crippen LogP) is 1.41. The maximum Gasteiger partial charge on any atom is 0.225 e. The number of rotatable bonds is 2. The van der Waals surface area contributed by atoms with Crippen LogP contribution in [0.3, 0.4) is 0 Å². The van der Waals surface area contributed by atoms with Crippen LogP contribution in [-0.2, 0) is 4.79 Å². The van der Waals surface area contributed by atoms with E-state index >= 15 is 0 Å². The first-order chi connectivity index (χ1) is 4.42. The van der Waals surface area contributed by atoms with E-state index in [-0.39, 0.29) is 11.3 Å². The molecule has 0 aromatic rings. The predicted molar refractivity (Wildman–Crippen MR) is 42.7 cm³/mol. The number of carbonyl (C=O) groups excluding carboxylic acids is 1. The smallest absolute Gasteiger partial charge is 0.225 e. The molecule has 10 heavy (non-hydrogen) atoms. The third-order valence-electron chi connectivity index (χ3n) is 2.26. The highest BCUT2D eigenvalue weighted by atomic mass is 16.2. The summed E-state index contributed by atoms with van der Waals surface area (Å²) in [6.45, 7) is 8.01. The normalized spacial score (nSPS) is 11.8. The molecule has 0 fully saturated rings. The minimum Gasteiger partial charge on any atom is -0.359 e. The van der Waals surface area contributed by atoms with Crippen LogP contribution >= 0.6 is 0 Å². The quantitative estimate of drug-likeness (QED) is 0.622. The van der Waals surface area contributed by atoms with E-state index in [0.29, 0.717) is 5.92 Å². The molecule has 0 aliphatic rings. The van der Waals surface area contributed by atoms with E-state index in [4.69, 9.17) is 0 Å². The summed E-state index contributed by atoms with van der Waals surface area (Å²) in [6, 6.07) is 0. The fraction of sp³-hybridized carbons (Fsp3) is 0.875. The lowest BCUT2D eigenvalue weighted by Gasteiger charge is -2.26. The molecule has 0 spiro atoms. The van der Waals surface area contributed by atoms with E-state index in [1.54, 1.807) is 7.05 Å². The van der Waals surface area contributed by atoms with Gasteiger partial charge in [-0.3, -0.25) is 4.79 Å². The second-order valence-corrected chi connectivity index (χ2v) is 3.46. The van der Waals surface area contributed by atoms with Crippen LogP contribution in [0.5, 0.6) is 0 Å². The molecule has 0 aliphatic carbocycles. The minimum absolute atomic E-state index is 0.113. The summed E-state index contributed by atoms with van der Waals surface area (Å²) >= 11 is 0. The molecule has 0 radical (unpaired) electrons. The zero-order valence-electron chi connectivity index (χ0n) is 7.49. The number of hydrogen-bond acceptors (Lipinski definition) is 1. The lowest BCUT2D eigenvalue weighted by atomic mass is 9.80. The summed E-state index contributed by atoms with van der Waals surface area (Å²) < 4.78 is 0. The molecule has 0 unspecified atom stereocenters. The minimum atomic E-state index is -0.241. The summed E-state index contributed by atoms with van der Waals surface area (Å²) in [5.74, 6) is 0.495. The highest BCUT2D eigenvalue weighted by Gasteiger charge is 2.29. The van der Waals surface area contributed by atoms with Crippen molar-refractivity contribution in [2.45, 2.75) is 27.7 Å². The maximum absolute atomic E-state index is 11.2. The van der Waals surface area contributed by atoms with Gasteiger partial charge in [-0.1, -0.05) is 27.7 Å². The summed E-state index contributed by atoms with van der Waals surface area (Å²) in [5, 5.41) is 2.65. The van der Waals surface area contributed by atoms with Gasteiger partial charge in [-0.15, -0.1) is 0 Å². The van der Waals surface area contributed by atoms with Gasteiger partial charge in [0.2, 0.25) is 5.91 Å². The highest BCUT2D eigenvalue weighted by Crippen LogP contribution is 2.25. The third kappa shape index (κ3) is 1.72. The van der Waals surface area contributed by atoms with Crippen LogP contribution in [0, 0.1) is 11.3 Å². The fourth-order valence-corrected chi connectivity index (χ4v) is 0.584. The zero-order valence-corrected chi connectivity index (χ0v) is 7.49. The van der Waals surface area contributed by atoms with E-state index < -0.39 is 0 Å². The van der Waals surface area contributed by atoms with Crippen LogP contribution in [-0.4, -0.2) is 13.0 Å². The van der Waals surface area contributed by atoms with Gasteiger partial charge in [-0.05, 0) is 5.92 Å². The Labute approximate surface area is 63.0 Å². The molecule has 0 saturated heterocycles. The van der Waals surface area contributed by atoms with Crippen molar-refractivity contribution in [2.24, 2.45) is 11.3 Å². The van der Waals surface area contributed by atoms with Crippen molar-refractivity contribution in [1.82, 2.24) is 5.32 Å². The van der Waals surface area contributed by atoms with Gasteiger partial charge in [0, 0.05) is 12.5 Å². The van der Waals surface area contributed by atoms with Crippen molar-refractivity contribution in [3.05, 3.63) is 0 Å². The second kappa shape index (κ2) is 3.04. The van der Waals surface area contributed by atoms with Crippen molar-refractivity contribution < 1.29 is 4.79 Å². The number of hydrogen-bond donors (Lipinski definition) is 1. The summed E-state index contributed by atoms with van der Waals surface area (Å²) in [4.78, 5) is 11.2. The summed E-state index contributed by atoms with van der Waals surface area (Å²) in [6.07, 6.45) is 0. The first-order valence-electron chi connectivity index (χ1n) is 3.65. The molecule has 0 heterocycles. The molecule has 0 aliphatic heterocycles. The largest absolute Gasteiger partial charge is 0.359 e. The Morgan fingerprint density at radius 3 is 1.90 bits per heavy atom. The average molecular weight is 143 g/mol. The molecule has 1 N–H and O–H groups in total. The Bertz CT molecular complexity index is 127. The number of amides is 1. The molecule has 1 amide bonds. The van der Waals surface area contributed by atoms with E-state index in [1.807, 2.05) is 13.8 Å². The molecule has 60 valence electrons. The van der Waals surface area contributed by atoms with Crippen LogP contribution in [0.1, 0.15) is 27.7 Å². The molecule has 2 heteroatoms. The summed E-state index contributed by atoms with van der Waals surface area (Å²) in [5.41, 5.74) is -0.241. The molecular formula is C8H17NO. The van der Waals surface area contributed by atoms with Crippen LogP contribution < -0.4 is 5.32 Å². The van der Waals surface area contributed by atoms with Crippen molar-refractivity contribution >= 4 is 5.91 Å². The standard InChI is InChI=1S/C8H17NO/c1-6(2)8(3,4)7(10)9-5/h6H,1-5H3,(H,9,10). The Balaban J connectivity index is 4.24. The Morgan fingerprint density at radius 1 is 1.40 bits per heavy atom. The fourth-order valence-electron chi connectivity index (χ4n) is 0.584.